The van der Waals surface area contributed by atoms with Crippen LogP contribution in [0.3, 0.4) is 0 Å². The van der Waals surface area contributed by atoms with Gasteiger partial charge in [-0.2, -0.15) is 5.10 Å². The molecule has 32 heavy (non-hydrogen) atoms. The molecule has 164 valence electrons. The molecule has 1 atom stereocenters. The highest BCUT2D eigenvalue weighted by Crippen LogP contribution is 2.35. The largest absolute Gasteiger partial charge is 0.394 e. The molecule has 1 aliphatic heterocycles. The fourth-order valence-electron chi connectivity index (χ4n) is 4.68. The van der Waals surface area contributed by atoms with E-state index in [9.17, 15) is 5.11 Å². The Bertz CT molecular complexity index is 1300. The number of aryl methyl sites for hydroxylation is 3. The zero-order chi connectivity index (χ0) is 22.4. The molecule has 0 bridgehead atoms. The Morgan fingerprint density at radius 2 is 1.88 bits per heavy atom. The summed E-state index contributed by atoms with van der Waals surface area (Å²) in [7, 11) is 0. The lowest BCUT2D eigenvalue weighted by Gasteiger charge is -2.25. The number of nitrogens with zero attached hydrogens (tertiary/aromatic N) is 4. The maximum Gasteiger partial charge on any atom is 0.166 e. The number of fused-ring (bicyclic) bond motifs is 1. The monoisotopic (exact) mass is 430 g/mol. The van der Waals surface area contributed by atoms with Crippen molar-refractivity contribution in [2.75, 3.05) is 18.1 Å². The Labute approximate surface area is 187 Å². The Morgan fingerprint density at radius 3 is 2.62 bits per heavy atom. The molecular formula is C26H27FN4O. The molecule has 5 rings (SSSR count). The Balaban J connectivity index is 1.81. The highest BCUT2D eigenvalue weighted by Gasteiger charge is 2.28. The molecule has 0 unspecified atom stereocenters. The Hall–Kier alpha value is -3.25. The number of anilines is 1. The van der Waals surface area contributed by atoms with E-state index >= 15 is 4.39 Å². The molecule has 0 radical (unpaired) electrons. The van der Waals surface area contributed by atoms with E-state index in [1.54, 1.807) is 23.6 Å². The second-order valence-corrected chi connectivity index (χ2v) is 8.67. The Kier molecular flexibility index (Phi) is 5.18. The van der Waals surface area contributed by atoms with Crippen LogP contribution in [0.1, 0.15) is 29.7 Å². The van der Waals surface area contributed by atoms with Crippen LogP contribution >= 0.6 is 0 Å². The summed E-state index contributed by atoms with van der Waals surface area (Å²) < 4.78 is 17.0. The van der Waals surface area contributed by atoms with Crippen molar-refractivity contribution in [3.05, 3.63) is 71.2 Å². The lowest BCUT2D eigenvalue weighted by atomic mass is 10.0. The number of rotatable bonds is 4. The summed E-state index contributed by atoms with van der Waals surface area (Å²) in [5.74, 6) is 0.495. The number of benzene rings is 2. The lowest BCUT2D eigenvalue weighted by molar-refractivity contribution is 0.266. The van der Waals surface area contributed by atoms with Crippen molar-refractivity contribution in [3.63, 3.8) is 0 Å². The van der Waals surface area contributed by atoms with Gasteiger partial charge < -0.3 is 10.0 Å². The van der Waals surface area contributed by atoms with Crippen LogP contribution in [-0.4, -0.2) is 38.9 Å². The van der Waals surface area contributed by atoms with Gasteiger partial charge in [0.15, 0.2) is 5.65 Å². The van der Waals surface area contributed by atoms with Gasteiger partial charge in [-0.15, -0.1) is 0 Å². The number of hydrogen-bond donors (Lipinski definition) is 1. The van der Waals surface area contributed by atoms with E-state index in [-0.39, 0.29) is 18.5 Å². The first-order valence-corrected chi connectivity index (χ1v) is 11.1. The fraction of sp³-hybridized carbons (Fsp3) is 0.308. The molecular weight excluding hydrogens is 403 g/mol. The molecule has 1 aliphatic rings. The molecule has 0 amide bonds. The number of aliphatic hydroxyl groups is 1. The number of hydrogen-bond acceptors (Lipinski definition) is 4. The lowest BCUT2D eigenvalue weighted by Crippen LogP contribution is -2.32. The first-order chi connectivity index (χ1) is 15.5. The van der Waals surface area contributed by atoms with Gasteiger partial charge in [-0.25, -0.2) is 13.9 Å². The molecule has 1 saturated heterocycles. The molecule has 1 fully saturated rings. The van der Waals surface area contributed by atoms with Crippen LogP contribution in [0.5, 0.6) is 0 Å². The van der Waals surface area contributed by atoms with Gasteiger partial charge in [0.25, 0.3) is 0 Å². The molecule has 2 aromatic carbocycles. The molecule has 6 heteroatoms. The minimum Gasteiger partial charge on any atom is -0.394 e. The fourth-order valence-corrected chi connectivity index (χ4v) is 4.68. The van der Waals surface area contributed by atoms with Crippen LogP contribution < -0.4 is 4.90 Å². The molecule has 4 aromatic rings. The third kappa shape index (κ3) is 3.35. The van der Waals surface area contributed by atoms with E-state index in [0.717, 1.165) is 42.0 Å². The summed E-state index contributed by atoms with van der Waals surface area (Å²) in [5.41, 5.74) is 6.45. The minimum atomic E-state index is -0.254. The number of aromatic nitrogens is 3. The van der Waals surface area contributed by atoms with Crippen LogP contribution in [0.4, 0.5) is 10.2 Å². The van der Waals surface area contributed by atoms with E-state index in [1.807, 2.05) is 19.1 Å². The van der Waals surface area contributed by atoms with Crippen LogP contribution in [0.2, 0.25) is 0 Å². The zero-order valence-corrected chi connectivity index (χ0v) is 18.6. The van der Waals surface area contributed by atoms with Gasteiger partial charge in [-0.05, 0) is 50.8 Å². The molecule has 0 saturated carbocycles. The normalized spacial score (nSPS) is 16.3. The predicted octanol–water partition coefficient (Wildman–Crippen LogP) is 5.09. The average Bonchev–Trinajstić information content (AvgIpc) is 3.39. The van der Waals surface area contributed by atoms with Gasteiger partial charge in [0.1, 0.15) is 11.6 Å². The van der Waals surface area contributed by atoms with Gasteiger partial charge in [0.05, 0.1) is 24.0 Å². The molecule has 3 heterocycles. The summed E-state index contributed by atoms with van der Waals surface area (Å²) in [6.45, 7) is 6.68. The van der Waals surface area contributed by atoms with Gasteiger partial charge in [0, 0.05) is 23.7 Å². The molecule has 1 N–H and O–H groups in total. The zero-order valence-electron chi connectivity index (χ0n) is 18.6. The van der Waals surface area contributed by atoms with Crippen molar-refractivity contribution in [3.8, 4) is 22.4 Å². The summed E-state index contributed by atoms with van der Waals surface area (Å²) in [4.78, 5) is 7.14. The van der Waals surface area contributed by atoms with Gasteiger partial charge in [-0.1, -0.05) is 42.0 Å². The maximum atomic E-state index is 15.2. The van der Waals surface area contributed by atoms with Crippen LogP contribution in [0.25, 0.3) is 28.0 Å². The molecule has 0 aliphatic carbocycles. The standard InChI is InChI=1S/C26H27FN4O/c1-16-9-11-19(12-10-16)24-18(3)29-31-22(21-8-4-6-17(2)25(21)27)14-23(28-26(24)31)30-13-5-7-20(30)15-32/h4,6,8-12,14,20,32H,5,7,13,15H2,1-3H3/t20-/m0/s1. The third-order valence-corrected chi connectivity index (χ3v) is 6.44. The molecule has 2 aromatic heterocycles. The van der Waals surface area contributed by atoms with E-state index < -0.39 is 0 Å². The van der Waals surface area contributed by atoms with Crippen molar-refractivity contribution in [1.82, 2.24) is 14.6 Å². The first-order valence-electron chi connectivity index (χ1n) is 11.1. The van der Waals surface area contributed by atoms with Crippen molar-refractivity contribution < 1.29 is 9.50 Å². The second-order valence-electron chi connectivity index (χ2n) is 8.67. The highest BCUT2D eigenvalue weighted by molar-refractivity contribution is 5.83. The van der Waals surface area contributed by atoms with E-state index in [1.165, 1.54) is 5.56 Å². The molecule has 5 nitrogen and oxygen atoms in total. The topological polar surface area (TPSA) is 53.7 Å². The average molecular weight is 431 g/mol. The molecule has 0 spiro atoms. The summed E-state index contributed by atoms with van der Waals surface area (Å²) in [5, 5.41) is 14.7. The van der Waals surface area contributed by atoms with Crippen molar-refractivity contribution in [1.29, 1.82) is 0 Å². The summed E-state index contributed by atoms with van der Waals surface area (Å²) >= 11 is 0. The summed E-state index contributed by atoms with van der Waals surface area (Å²) in [6.07, 6.45) is 1.91. The smallest absolute Gasteiger partial charge is 0.166 e. The van der Waals surface area contributed by atoms with Gasteiger partial charge in [0.2, 0.25) is 0 Å². The van der Waals surface area contributed by atoms with Gasteiger partial charge >= 0.3 is 0 Å². The SMILES string of the molecule is Cc1ccc(-c2c(C)nn3c(-c4cccc(C)c4F)cc(N4CCC[C@H]4CO)nc23)cc1. The van der Waals surface area contributed by atoms with E-state index in [4.69, 9.17) is 10.1 Å². The first kappa shape index (κ1) is 20.6. The van der Waals surface area contributed by atoms with Crippen molar-refractivity contribution >= 4 is 11.5 Å². The number of aliphatic hydroxyl groups excluding tert-OH is 1. The van der Waals surface area contributed by atoms with Crippen LogP contribution in [0, 0.1) is 26.6 Å². The van der Waals surface area contributed by atoms with Crippen molar-refractivity contribution in [2.45, 2.75) is 39.7 Å². The van der Waals surface area contributed by atoms with Crippen molar-refractivity contribution in [2.24, 2.45) is 0 Å². The minimum absolute atomic E-state index is 0.0204. The second kappa shape index (κ2) is 8.02. The third-order valence-electron chi connectivity index (χ3n) is 6.44. The Morgan fingerprint density at radius 1 is 1.09 bits per heavy atom. The van der Waals surface area contributed by atoms with E-state index in [0.29, 0.717) is 22.5 Å². The van der Waals surface area contributed by atoms with Crippen LogP contribution in [0.15, 0.2) is 48.5 Å². The van der Waals surface area contributed by atoms with E-state index in [2.05, 4.69) is 36.1 Å². The quantitative estimate of drug-likeness (QED) is 0.490. The maximum absolute atomic E-state index is 15.2. The van der Waals surface area contributed by atoms with Gasteiger partial charge in [-0.3, -0.25) is 0 Å². The summed E-state index contributed by atoms with van der Waals surface area (Å²) in [6, 6.07) is 15.7. The number of halogens is 1. The van der Waals surface area contributed by atoms with Crippen LogP contribution in [-0.2, 0) is 0 Å². The highest BCUT2D eigenvalue weighted by atomic mass is 19.1. The predicted molar refractivity (Wildman–Crippen MR) is 125 cm³/mol.